The highest BCUT2D eigenvalue weighted by Crippen LogP contribution is 2.29. The highest BCUT2D eigenvalue weighted by atomic mass is 35.5. The minimum Gasteiger partial charge on any atom is -0.388 e. The van der Waals surface area contributed by atoms with Crippen LogP contribution in [0.4, 0.5) is 0 Å². The van der Waals surface area contributed by atoms with Crippen LogP contribution in [0.3, 0.4) is 0 Å². The van der Waals surface area contributed by atoms with Gasteiger partial charge in [-0.15, -0.1) is 0 Å². The molecule has 0 saturated carbocycles. The Kier molecular flexibility index (Phi) is 5.63. The minimum atomic E-state index is -0.696. The number of benzene rings is 1. The van der Waals surface area contributed by atoms with Crippen LogP contribution < -0.4 is 5.73 Å². The minimum absolute atomic E-state index is 0.0237. The molecule has 1 fully saturated rings. The molecule has 0 bridgehead atoms. The van der Waals surface area contributed by atoms with Crippen LogP contribution in [0.15, 0.2) is 24.3 Å². The molecule has 3 N–H and O–H groups in total. The van der Waals surface area contributed by atoms with Gasteiger partial charge in [0.25, 0.3) is 0 Å². The lowest BCUT2D eigenvalue weighted by Crippen LogP contribution is -2.49. The van der Waals surface area contributed by atoms with E-state index >= 15 is 0 Å². The molecule has 0 amide bonds. The van der Waals surface area contributed by atoms with Gasteiger partial charge in [-0.3, -0.25) is 4.90 Å². The van der Waals surface area contributed by atoms with Crippen molar-refractivity contribution in [1.82, 2.24) is 4.90 Å². The van der Waals surface area contributed by atoms with Gasteiger partial charge in [-0.05, 0) is 31.7 Å². The Bertz CT molecular complexity index is 461. The molecule has 1 saturated heterocycles. The first-order valence-corrected chi connectivity index (χ1v) is 7.80. The summed E-state index contributed by atoms with van der Waals surface area (Å²) in [6.45, 7) is 3.79. The average Bonchev–Trinajstić information content (AvgIpc) is 2.38. The normalized spacial score (nSPS) is 21.2. The van der Waals surface area contributed by atoms with Crippen molar-refractivity contribution >= 4 is 11.6 Å². The molecule has 1 aromatic carbocycles. The van der Waals surface area contributed by atoms with Gasteiger partial charge in [0, 0.05) is 49.7 Å². The SMILES string of the molecule is CC(N)C(c1cccc(Cl)c1)N(C)CC1(O)CCOCC1. The highest BCUT2D eigenvalue weighted by Gasteiger charge is 2.34. The first-order chi connectivity index (χ1) is 9.91. The Morgan fingerprint density at radius 3 is 2.67 bits per heavy atom. The Morgan fingerprint density at radius 2 is 2.10 bits per heavy atom. The summed E-state index contributed by atoms with van der Waals surface area (Å²) in [5, 5.41) is 11.4. The zero-order valence-electron chi connectivity index (χ0n) is 12.8. The molecule has 1 aliphatic heterocycles. The van der Waals surface area contributed by atoms with Crippen LogP contribution in [-0.4, -0.2) is 48.5 Å². The largest absolute Gasteiger partial charge is 0.388 e. The van der Waals surface area contributed by atoms with E-state index in [0.29, 0.717) is 37.6 Å². The van der Waals surface area contributed by atoms with E-state index in [1.807, 2.05) is 38.2 Å². The maximum atomic E-state index is 10.7. The van der Waals surface area contributed by atoms with Crippen molar-refractivity contribution in [2.45, 2.75) is 37.5 Å². The quantitative estimate of drug-likeness (QED) is 0.875. The van der Waals surface area contributed by atoms with Crippen molar-refractivity contribution in [3.05, 3.63) is 34.9 Å². The van der Waals surface area contributed by atoms with Crippen LogP contribution in [0.5, 0.6) is 0 Å². The van der Waals surface area contributed by atoms with Gasteiger partial charge in [-0.25, -0.2) is 0 Å². The Balaban J connectivity index is 2.14. The maximum Gasteiger partial charge on any atom is 0.0818 e. The van der Waals surface area contributed by atoms with Gasteiger partial charge in [-0.2, -0.15) is 0 Å². The third-order valence-electron chi connectivity index (χ3n) is 4.13. The summed E-state index contributed by atoms with van der Waals surface area (Å²) in [5.74, 6) is 0. The Hall–Kier alpha value is -0.650. The third kappa shape index (κ3) is 4.41. The summed E-state index contributed by atoms with van der Waals surface area (Å²) >= 11 is 6.09. The summed E-state index contributed by atoms with van der Waals surface area (Å²) in [6.07, 6.45) is 1.33. The molecule has 0 aromatic heterocycles. The lowest BCUT2D eigenvalue weighted by Gasteiger charge is -2.40. The van der Waals surface area contributed by atoms with Gasteiger partial charge in [-0.1, -0.05) is 23.7 Å². The average molecular weight is 313 g/mol. The summed E-state index contributed by atoms with van der Waals surface area (Å²) in [7, 11) is 2.00. The molecule has 1 aromatic rings. The number of rotatable bonds is 5. The number of ether oxygens (including phenoxy) is 1. The molecule has 2 unspecified atom stereocenters. The fourth-order valence-corrected chi connectivity index (χ4v) is 3.32. The molecule has 1 heterocycles. The molecule has 4 nitrogen and oxygen atoms in total. The van der Waals surface area contributed by atoms with E-state index < -0.39 is 5.60 Å². The number of nitrogens with two attached hydrogens (primary N) is 1. The fraction of sp³-hybridized carbons (Fsp3) is 0.625. The Morgan fingerprint density at radius 1 is 1.43 bits per heavy atom. The van der Waals surface area contributed by atoms with Gasteiger partial charge in [0.2, 0.25) is 0 Å². The molecule has 0 spiro atoms. The zero-order chi connectivity index (χ0) is 15.5. The number of hydrogen-bond donors (Lipinski definition) is 2. The first-order valence-electron chi connectivity index (χ1n) is 7.43. The van der Waals surface area contributed by atoms with E-state index in [-0.39, 0.29) is 12.1 Å². The topological polar surface area (TPSA) is 58.7 Å². The van der Waals surface area contributed by atoms with Crippen molar-refractivity contribution in [3.63, 3.8) is 0 Å². The summed E-state index contributed by atoms with van der Waals surface area (Å²) < 4.78 is 5.33. The van der Waals surface area contributed by atoms with Crippen LogP contribution in [-0.2, 0) is 4.74 Å². The predicted molar refractivity (Wildman–Crippen MR) is 85.5 cm³/mol. The molecule has 5 heteroatoms. The van der Waals surface area contributed by atoms with Crippen molar-refractivity contribution in [2.24, 2.45) is 5.73 Å². The molecule has 1 aliphatic rings. The molecule has 0 radical (unpaired) electrons. The molecular weight excluding hydrogens is 288 g/mol. The van der Waals surface area contributed by atoms with Gasteiger partial charge < -0.3 is 15.6 Å². The number of hydrogen-bond acceptors (Lipinski definition) is 4. The third-order valence-corrected chi connectivity index (χ3v) is 4.37. The van der Waals surface area contributed by atoms with E-state index in [1.54, 1.807) is 0 Å². The van der Waals surface area contributed by atoms with E-state index in [9.17, 15) is 5.11 Å². The lowest BCUT2D eigenvalue weighted by atomic mass is 9.91. The van der Waals surface area contributed by atoms with Crippen molar-refractivity contribution in [2.75, 3.05) is 26.8 Å². The summed E-state index contributed by atoms with van der Waals surface area (Å²) in [4.78, 5) is 2.13. The highest BCUT2D eigenvalue weighted by molar-refractivity contribution is 6.30. The molecule has 0 aliphatic carbocycles. The number of nitrogens with zero attached hydrogens (tertiary/aromatic N) is 1. The van der Waals surface area contributed by atoms with Crippen molar-refractivity contribution < 1.29 is 9.84 Å². The lowest BCUT2D eigenvalue weighted by molar-refractivity contribution is -0.0824. The number of aliphatic hydroxyl groups is 1. The van der Waals surface area contributed by atoms with Gasteiger partial charge in [0.15, 0.2) is 0 Å². The van der Waals surface area contributed by atoms with Gasteiger partial charge in [0.1, 0.15) is 0 Å². The van der Waals surface area contributed by atoms with E-state index in [1.165, 1.54) is 0 Å². The Labute approximate surface area is 131 Å². The van der Waals surface area contributed by atoms with Crippen LogP contribution >= 0.6 is 11.6 Å². The van der Waals surface area contributed by atoms with Crippen LogP contribution in [0.25, 0.3) is 0 Å². The van der Waals surface area contributed by atoms with Gasteiger partial charge >= 0.3 is 0 Å². The number of halogens is 1. The molecule has 2 rings (SSSR count). The van der Waals surface area contributed by atoms with Crippen molar-refractivity contribution in [3.8, 4) is 0 Å². The molecule has 118 valence electrons. The second-order valence-electron chi connectivity index (χ2n) is 6.11. The van der Waals surface area contributed by atoms with E-state index in [2.05, 4.69) is 4.90 Å². The zero-order valence-corrected chi connectivity index (χ0v) is 13.5. The van der Waals surface area contributed by atoms with Crippen LogP contribution in [0.1, 0.15) is 31.4 Å². The van der Waals surface area contributed by atoms with E-state index in [4.69, 9.17) is 22.1 Å². The first kappa shape index (κ1) is 16.7. The van der Waals surface area contributed by atoms with E-state index in [0.717, 1.165) is 5.56 Å². The van der Waals surface area contributed by atoms with Crippen LogP contribution in [0, 0.1) is 0 Å². The molecule has 2 atom stereocenters. The van der Waals surface area contributed by atoms with Gasteiger partial charge in [0.05, 0.1) is 5.60 Å². The second kappa shape index (κ2) is 7.07. The second-order valence-corrected chi connectivity index (χ2v) is 6.55. The molecule has 21 heavy (non-hydrogen) atoms. The maximum absolute atomic E-state index is 10.7. The summed E-state index contributed by atoms with van der Waals surface area (Å²) in [6, 6.07) is 7.73. The number of likely N-dealkylation sites (N-methyl/N-ethyl adjacent to an activating group) is 1. The van der Waals surface area contributed by atoms with Crippen molar-refractivity contribution in [1.29, 1.82) is 0 Å². The standard InChI is InChI=1S/C16H25ClN2O2/c1-12(18)15(13-4-3-5-14(17)10-13)19(2)11-16(20)6-8-21-9-7-16/h3-5,10,12,15,20H,6-9,11,18H2,1-2H3. The molecular formula is C16H25ClN2O2. The van der Waals surface area contributed by atoms with Crippen LogP contribution in [0.2, 0.25) is 5.02 Å². The summed E-state index contributed by atoms with van der Waals surface area (Å²) in [5.41, 5.74) is 6.56. The monoisotopic (exact) mass is 312 g/mol. The predicted octanol–water partition coefficient (Wildman–Crippen LogP) is 2.20. The fourth-order valence-electron chi connectivity index (χ4n) is 3.12. The smallest absolute Gasteiger partial charge is 0.0818 e.